The molecule has 0 saturated heterocycles. The van der Waals surface area contributed by atoms with Gasteiger partial charge < -0.3 is 10.2 Å². The highest BCUT2D eigenvalue weighted by molar-refractivity contribution is 6.45. The number of nitrogens with one attached hydrogen (secondary N) is 1. The molecule has 21 heavy (non-hydrogen) atoms. The molecule has 1 aliphatic carbocycles. The minimum absolute atomic E-state index is 0.209. The van der Waals surface area contributed by atoms with E-state index >= 15 is 0 Å². The maximum absolute atomic E-state index is 11.9. The number of carbonyl (C=O) groups is 1. The van der Waals surface area contributed by atoms with Crippen molar-refractivity contribution < 1.29 is 9.63 Å². The number of hydrogen-bond acceptors (Lipinski definition) is 3. The van der Waals surface area contributed by atoms with Crippen molar-refractivity contribution in [2.45, 2.75) is 19.3 Å². The smallest absolute Gasteiger partial charge is 0.273 e. The fraction of sp³-hybridized carbons (Fsp3) is 0.294. The zero-order valence-corrected chi connectivity index (χ0v) is 12.4. The maximum atomic E-state index is 11.9. The van der Waals surface area contributed by atoms with Gasteiger partial charge in [-0.15, -0.1) is 0 Å². The lowest BCUT2D eigenvalue weighted by molar-refractivity contribution is -0.114. The van der Waals surface area contributed by atoms with Crippen LogP contribution in [0, 0.1) is 0 Å². The van der Waals surface area contributed by atoms with Gasteiger partial charge in [0.25, 0.3) is 5.91 Å². The molecule has 0 bridgehead atoms. The van der Waals surface area contributed by atoms with Crippen LogP contribution in [0.3, 0.4) is 0 Å². The van der Waals surface area contributed by atoms with E-state index in [0.29, 0.717) is 5.71 Å². The number of rotatable bonds is 5. The Hall–Kier alpha value is -2.36. The molecule has 0 heterocycles. The van der Waals surface area contributed by atoms with Gasteiger partial charge in [0.2, 0.25) is 0 Å². The summed E-state index contributed by atoms with van der Waals surface area (Å²) in [6.45, 7) is 0. The SMILES string of the molecule is CNC(=O)C(=NOC)C1=C(/C=C/c2ccccc2)CCC1. The summed E-state index contributed by atoms with van der Waals surface area (Å²) in [5.41, 5.74) is 3.65. The zero-order valence-electron chi connectivity index (χ0n) is 12.4. The minimum atomic E-state index is -0.209. The number of amides is 1. The molecule has 4 heteroatoms. The van der Waals surface area contributed by atoms with E-state index in [1.807, 2.05) is 18.2 Å². The quantitative estimate of drug-likeness (QED) is 0.667. The van der Waals surface area contributed by atoms with Gasteiger partial charge in [0.15, 0.2) is 5.71 Å². The van der Waals surface area contributed by atoms with Gasteiger partial charge in [0.1, 0.15) is 7.11 Å². The van der Waals surface area contributed by atoms with Crippen LogP contribution in [0.4, 0.5) is 0 Å². The topological polar surface area (TPSA) is 50.7 Å². The summed E-state index contributed by atoms with van der Waals surface area (Å²) >= 11 is 0. The van der Waals surface area contributed by atoms with Crippen molar-refractivity contribution in [1.82, 2.24) is 5.32 Å². The molecule has 0 aliphatic heterocycles. The number of hydrogen-bond donors (Lipinski definition) is 1. The van der Waals surface area contributed by atoms with Crippen molar-refractivity contribution in [2.24, 2.45) is 5.16 Å². The van der Waals surface area contributed by atoms with E-state index in [0.717, 1.165) is 36.0 Å². The molecule has 0 radical (unpaired) electrons. The van der Waals surface area contributed by atoms with E-state index in [1.54, 1.807) is 7.05 Å². The number of carbonyl (C=O) groups excluding carboxylic acids is 1. The number of nitrogens with zero attached hydrogens (tertiary/aromatic N) is 1. The van der Waals surface area contributed by atoms with Crippen molar-refractivity contribution in [3.63, 3.8) is 0 Å². The van der Waals surface area contributed by atoms with Crippen molar-refractivity contribution in [3.05, 3.63) is 53.1 Å². The van der Waals surface area contributed by atoms with Crippen molar-refractivity contribution in [3.8, 4) is 0 Å². The lowest BCUT2D eigenvalue weighted by atomic mass is 10.0. The molecule has 0 fully saturated rings. The van der Waals surface area contributed by atoms with Crippen LogP contribution in [0.2, 0.25) is 0 Å². The predicted molar refractivity (Wildman–Crippen MR) is 84.9 cm³/mol. The molecule has 0 atom stereocenters. The Kier molecular flexibility index (Phi) is 5.32. The normalized spacial score (nSPS) is 15.6. The van der Waals surface area contributed by atoms with Crippen LogP contribution in [0.15, 0.2) is 52.7 Å². The van der Waals surface area contributed by atoms with Gasteiger partial charge in [-0.05, 0) is 36.0 Å². The first kappa shape index (κ1) is 15.0. The zero-order chi connectivity index (χ0) is 15.1. The third-order valence-electron chi connectivity index (χ3n) is 3.45. The van der Waals surface area contributed by atoms with Gasteiger partial charge >= 0.3 is 0 Å². The predicted octanol–water partition coefficient (Wildman–Crippen LogP) is 2.93. The first-order chi connectivity index (χ1) is 10.3. The van der Waals surface area contributed by atoms with E-state index < -0.39 is 0 Å². The van der Waals surface area contributed by atoms with E-state index in [1.165, 1.54) is 7.11 Å². The molecule has 0 saturated carbocycles. The molecule has 1 N–H and O–H groups in total. The van der Waals surface area contributed by atoms with Crippen LogP contribution in [0.25, 0.3) is 6.08 Å². The monoisotopic (exact) mass is 284 g/mol. The molecule has 1 aliphatic rings. The average molecular weight is 284 g/mol. The summed E-state index contributed by atoms with van der Waals surface area (Å²) in [5, 5.41) is 6.51. The molecule has 2 rings (SSSR count). The Morgan fingerprint density at radius 2 is 2.00 bits per heavy atom. The Morgan fingerprint density at radius 1 is 1.24 bits per heavy atom. The van der Waals surface area contributed by atoms with E-state index in [2.05, 4.69) is 34.8 Å². The van der Waals surface area contributed by atoms with E-state index in [4.69, 9.17) is 4.84 Å². The second-order valence-corrected chi connectivity index (χ2v) is 4.80. The third kappa shape index (κ3) is 3.81. The first-order valence-corrected chi connectivity index (χ1v) is 7.05. The standard InChI is InChI=1S/C17H20N2O2/c1-18-17(20)16(19-21-2)15-10-6-9-14(15)12-11-13-7-4-3-5-8-13/h3-5,7-8,11-12H,6,9-10H2,1-2H3,(H,18,20)/b12-11+,19-16?. The highest BCUT2D eigenvalue weighted by Crippen LogP contribution is 2.29. The fourth-order valence-electron chi connectivity index (χ4n) is 2.43. The summed E-state index contributed by atoms with van der Waals surface area (Å²) in [4.78, 5) is 16.7. The van der Waals surface area contributed by atoms with Crippen LogP contribution in [-0.4, -0.2) is 25.8 Å². The summed E-state index contributed by atoms with van der Waals surface area (Å²) in [6.07, 6.45) is 6.98. The molecule has 0 unspecified atom stereocenters. The van der Waals surface area contributed by atoms with Gasteiger partial charge in [-0.3, -0.25) is 4.79 Å². The first-order valence-electron chi connectivity index (χ1n) is 7.05. The van der Waals surface area contributed by atoms with Crippen LogP contribution in [-0.2, 0) is 9.63 Å². The van der Waals surface area contributed by atoms with Gasteiger partial charge in [-0.1, -0.05) is 47.6 Å². The molecule has 4 nitrogen and oxygen atoms in total. The Labute approximate surface area is 125 Å². The lowest BCUT2D eigenvalue weighted by Crippen LogP contribution is -2.29. The summed E-state index contributed by atoms with van der Waals surface area (Å²) in [7, 11) is 3.06. The largest absolute Gasteiger partial charge is 0.398 e. The van der Waals surface area contributed by atoms with E-state index in [-0.39, 0.29) is 5.91 Å². The highest BCUT2D eigenvalue weighted by atomic mass is 16.6. The van der Waals surface area contributed by atoms with Crippen molar-refractivity contribution >= 4 is 17.7 Å². The molecular formula is C17H20N2O2. The third-order valence-corrected chi connectivity index (χ3v) is 3.45. The Bertz CT molecular complexity index is 586. The van der Waals surface area contributed by atoms with Crippen molar-refractivity contribution in [2.75, 3.05) is 14.2 Å². The van der Waals surface area contributed by atoms with Crippen LogP contribution >= 0.6 is 0 Å². The van der Waals surface area contributed by atoms with Gasteiger partial charge in [0, 0.05) is 7.05 Å². The Balaban J connectivity index is 2.29. The highest BCUT2D eigenvalue weighted by Gasteiger charge is 2.23. The van der Waals surface area contributed by atoms with Crippen LogP contribution < -0.4 is 5.32 Å². The maximum Gasteiger partial charge on any atom is 0.273 e. The Morgan fingerprint density at radius 3 is 2.67 bits per heavy atom. The molecule has 0 aromatic heterocycles. The summed E-state index contributed by atoms with van der Waals surface area (Å²) < 4.78 is 0. The average Bonchev–Trinajstić information content (AvgIpc) is 2.99. The van der Waals surface area contributed by atoms with Gasteiger partial charge in [-0.2, -0.15) is 0 Å². The number of benzene rings is 1. The number of allylic oxidation sites excluding steroid dienone is 2. The molecule has 1 amide bonds. The van der Waals surface area contributed by atoms with Gasteiger partial charge in [0.05, 0.1) is 0 Å². The molecule has 1 aromatic rings. The van der Waals surface area contributed by atoms with Crippen LogP contribution in [0.1, 0.15) is 24.8 Å². The molecule has 1 aromatic carbocycles. The van der Waals surface area contributed by atoms with Gasteiger partial charge in [-0.25, -0.2) is 0 Å². The summed E-state index contributed by atoms with van der Waals surface area (Å²) in [6, 6.07) is 10.1. The molecule has 0 spiro atoms. The number of oxime groups is 1. The van der Waals surface area contributed by atoms with E-state index in [9.17, 15) is 4.79 Å². The van der Waals surface area contributed by atoms with Crippen molar-refractivity contribution in [1.29, 1.82) is 0 Å². The molecular weight excluding hydrogens is 264 g/mol. The second kappa shape index (κ2) is 7.43. The second-order valence-electron chi connectivity index (χ2n) is 4.80. The van der Waals surface area contributed by atoms with Crippen LogP contribution in [0.5, 0.6) is 0 Å². The fourth-order valence-corrected chi connectivity index (χ4v) is 2.43. The lowest BCUT2D eigenvalue weighted by Gasteiger charge is -2.07. The minimum Gasteiger partial charge on any atom is -0.398 e. The summed E-state index contributed by atoms with van der Waals surface area (Å²) in [5.74, 6) is -0.209. The molecule has 110 valence electrons.